The van der Waals surface area contributed by atoms with Crippen molar-refractivity contribution in [3.05, 3.63) is 11.9 Å². The average Bonchev–Trinajstić information content (AvgIpc) is 2.23. The zero-order chi connectivity index (χ0) is 11.8. The molecule has 86 valence electrons. The summed E-state index contributed by atoms with van der Waals surface area (Å²) in [5, 5.41) is 8.55. The van der Waals surface area contributed by atoms with Gasteiger partial charge in [-0.15, -0.1) is 0 Å². The van der Waals surface area contributed by atoms with Crippen molar-refractivity contribution < 1.29 is 4.79 Å². The molecule has 3 N–H and O–H groups in total. The minimum absolute atomic E-state index is 0.0258. The van der Waals surface area contributed by atoms with Gasteiger partial charge in [0.1, 0.15) is 11.7 Å². The van der Waals surface area contributed by atoms with Gasteiger partial charge in [0.05, 0.1) is 0 Å². The highest BCUT2D eigenvalue weighted by molar-refractivity contribution is 5.93. The number of hydrogen-bond donors (Lipinski definition) is 3. The van der Waals surface area contributed by atoms with E-state index in [4.69, 9.17) is 0 Å². The zero-order valence-corrected chi connectivity index (χ0v) is 10.0. The lowest BCUT2D eigenvalue weighted by atomic mass is 10.2. The van der Waals surface area contributed by atoms with Crippen LogP contribution in [0.4, 0.5) is 0 Å². The van der Waals surface area contributed by atoms with Gasteiger partial charge in [-0.25, -0.2) is 0 Å². The predicted molar refractivity (Wildman–Crippen MR) is 62.5 cm³/mol. The summed E-state index contributed by atoms with van der Waals surface area (Å²) in [7, 11) is 5.20. The largest absolute Gasteiger partial charge is 0.375 e. The highest BCUT2D eigenvalue weighted by atomic mass is 16.1. The molecule has 0 rings (SSSR count). The van der Waals surface area contributed by atoms with Crippen molar-refractivity contribution in [1.29, 1.82) is 0 Å². The SMILES string of the molecule is CN=C(/C=C(\NC)NC(=O)C(C)C)NC. The number of carbonyl (C=O) groups excluding carboxylic acids is 1. The Morgan fingerprint density at radius 3 is 2.20 bits per heavy atom. The number of nitrogens with one attached hydrogen (secondary N) is 3. The Morgan fingerprint density at radius 2 is 1.87 bits per heavy atom. The van der Waals surface area contributed by atoms with E-state index in [-0.39, 0.29) is 11.8 Å². The van der Waals surface area contributed by atoms with Crippen LogP contribution < -0.4 is 16.0 Å². The molecule has 0 spiro atoms. The molecule has 0 aromatic heterocycles. The molecule has 0 saturated heterocycles. The van der Waals surface area contributed by atoms with Crippen LogP contribution in [0.15, 0.2) is 16.9 Å². The fraction of sp³-hybridized carbons (Fsp3) is 0.600. The maximum Gasteiger partial charge on any atom is 0.228 e. The number of carbonyl (C=O) groups is 1. The van der Waals surface area contributed by atoms with E-state index >= 15 is 0 Å². The lowest BCUT2D eigenvalue weighted by Gasteiger charge is -2.11. The summed E-state index contributed by atoms with van der Waals surface area (Å²) in [6.45, 7) is 3.69. The molecule has 0 saturated carbocycles. The van der Waals surface area contributed by atoms with Gasteiger partial charge >= 0.3 is 0 Å². The zero-order valence-electron chi connectivity index (χ0n) is 10.0. The molecule has 1 amide bonds. The molecule has 0 aromatic carbocycles. The highest BCUT2D eigenvalue weighted by Crippen LogP contribution is 1.93. The Balaban J connectivity index is 4.56. The predicted octanol–water partition coefficient (Wildman–Crippen LogP) is 0.0671. The van der Waals surface area contributed by atoms with Gasteiger partial charge in [-0.05, 0) is 0 Å². The Hall–Kier alpha value is -1.52. The molecule has 0 radical (unpaired) electrons. The third kappa shape index (κ3) is 5.05. The summed E-state index contributed by atoms with van der Waals surface area (Å²) < 4.78 is 0. The number of nitrogens with zero attached hydrogens (tertiary/aromatic N) is 1. The molecular formula is C10H20N4O. The molecule has 0 bridgehead atoms. The Kier molecular flexibility index (Phi) is 6.17. The van der Waals surface area contributed by atoms with Crippen LogP contribution in [-0.2, 0) is 4.79 Å². The van der Waals surface area contributed by atoms with Crippen molar-refractivity contribution in [2.45, 2.75) is 13.8 Å². The normalized spacial score (nSPS) is 12.7. The second-order valence-electron chi connectivity index (χ2n) is 3.31. The minimum atomic E-state index is -0.0432. The molecule has 0 unspecified atom stereocenters. The monoisotopic (exact) mass is 212 g/mol. The van der Waals surface area contributed by atoms with Gasteiger partial charge in [0.15, 0.2) is 0 Å². The summed E-state index contributed by atoms with van der Waals surface area (Å²) in [5.74, 6) is 1.26. The first-order valence-corrected chi connectivity index (χ1v) is 4.90. The molecule has 5 heteroatoms. The van der Waals surface area contributed by atoms with E-state index in [0.717, 1.165) is 0 Å². The second-order valence-corrected chi connectivity index (χ2v) is 3.31. The lowest BCUT2D eigenvalue weighted by Crippen LogP contribution is -2.34. The minimum Gasteiger partial charge on any atom is -0.375 e. The van der Waals surface area contributed by atoms with E-state index in [1.807, 2.05) is 13.8 Å². The lowest BCUT2D eigenvalue weighted by molar-refractivity contribution is -0.123. The van der Waals surface area contributed by atoms with E-state index in [1.165, 1.54) is 0 Å². The first-order valence-electron chi connectivity index (χ1n) is 4.90. The maximum absolute atomic E-state index is 11.4. The Labute approximate surface area is 91.0 Å². The molecule has 5 nitrogen and oxygen atoms in total. The molecule has 0 aromatic rings. The number of aliphatic imine (C=N–C) groups is 1. The number of rotatable bonds is 4. The number of amidine groups is 1. The van der Waals surface area contributed by atoms with Crippen molar-refractivity contribution >= 4 is 11.7 Å². The van der Waals surface area contributed by atoms with E-state index in [0.29, 0.717) is 11.7 Å². The van der Waals surface area contributed by atoms with Gasteiger partial charge in [-0.2, -0.15) is 0 Å². The van der Waals surface area contributed by atoms with Crippen molar-refractivity contribution in [3.8, 4) is 0 Å². The topological polar surface area (TPSA) is 65.5 Å². The molecule has 0 aliphatic carbocycles. The van der Waals surface area contributed by atoms with Crippen molar-refractivity contribution in [3.63, 3.8) is 0 Å². The van der Waals surface area contributed by atoms with E-state index < -0.39 is 0 Å². The summed E-state index contributed by atoms with van der Waals surface area (Å²) in [4.78, 5) is 15.4. The summed E-state index contributed by atoms with van der Waals surface area (Å²) in [6.07, 6.45) is 1.74. The summed E-state index contributed by atoms with van der Waals surface area (Å²) in [6, 6.07) is 0. The Bertz CT molecular complexity index is 269. The molecular weight excluding hydrogens is 192 g/mol. The van der Waals surface area contributed by atoms with Crippen LogP contribution in [0.25, 0.3) is 0 Å². The van der Waals surface area contributed by atoms with Gasteiger partial charge in [-0.3, -0.25) is 9.79 Å². The number of hydrogen-bond acceptors (Lipinski definition) is 3. The first-order chi connectivity index (χ1) is 7.04. The van der Waals surface area contributed by atoms with Gasteiger partial charge < -0.3 is 16.0 Å². The van der Waals surface area contributed by atoms with E-state index in [9.17, 15) is 4.79 Å². The molecule has 0 atom stereocenters. The fourth-order valence-corrected chi connectivity index (χ4v) is 0.833. The number of likely N-dealkylation sites (N-methyl/N-ethyl adjacent to an activating group) is 1. The summed E-state index contributed by atoms with van der Waals surface area (Å²) in [5.41, 5.74) is 0. The molecule has 15 heavy (non-hydrogen) atoms. The third-order valence-electron chi connectivity index (χ3n) is 1.83. The first kappa shape index (κ1) is 13.5. The molecule has 0 aliphatic rings. The maximum atomic E-state index is 11.4. The van der Waals surface area contributed by atoms with Crippen LogP contribution >= 0.6 is 0 Å². The van der Waals surface area contributed by atoms with Crippen molar-refractivity contribution in [2.75, 3.05) is 21.1 Å². The van der Waals surface area contributed by atoms with Crippen molar-refractivity contribution in [2.24, 2.45) is 10.9 Å². The van der Waals surface area contributed by atoms with Gasteiger partial charge in [0.2, 0.25) is 5.91 Å². The van der Waals surface area contributed by atoms with E-state index in [2.05, 4.69) is 20.9 Å². The number of amides is 1. The summed E-state index contributed by atoms with van der Waals surface area (Å²) >= 11 is 0. The average molecular weight is 212 g/mol. The van der Waals surface area contributed by atoms with Gasteiger partial charge in [0.25, 0.3) is 0 Å². The van der Waals surface area contributed by atoms with Gasteiger partial charge in [-0.1, -0.05) is 13.8 Å². The Morgan fingerprint density at radius 1 is 1.27 bits per heavy atom. The smallest absolute Gasteiger partial charge is 0.228 e. The van der Waals surface area contributed by atoms with Crippen LogP contribution in [0.2, 0.25) is 0 Å². The standard InChI is InChI=1S/C10H20N4O/c1-7(2)10(15)14-9(13-5)6-8(11-3)12-4/h6-7,13H,1-5H3,(H,11,12)(H,14,15)/b9-6+. The van der Waals surface area contributed by atoms with Gasteiger partial charge in [0, 0.05) is 33.1 Å². The van der Waals surface area contributed by atoms with Crippen LogP contribution in [-0.4, -0.2) is 32.9 Å². The molecule has 0 heterocycles. The van der Waals surface area contributed by atoms with Crippen LogP contribution in [0.3, 0.4) is 0 Å². The highest BCUT2D eigenvalue weighted by Gasteiger charge is 2.07. The van der Waals surface area contributed by atoms with Crippen LogP contribution in [0, 0.1) is 5.92 Å². The fourth-order valence-electron chi connectivity index (χ4n) is 0.833. The molecule has 0 fully saturated rings. The van der Waals surface area contributed by atoms with Crippen LogP contribution in [0.5, 0.6) is 0 Å². The second kappa shape index (κ2) is 6.86. The van der Waals surface area contributed by atoms with Crippen LogP contribution in [0.1, 0.15) is 13.8 Å². The molecule has 0 aliphatic heterocycles. The quantitative estimate of drug-likeness (QED) is 0.456. The third-order valence-corrected chi connectivity index (χ3v) is 1.83. The van der Waals surface area contributed by atoms with Crippen molar-refractivity contribution in [1.82, 2.24) is 16.0 Å². The van der Waals surface area contributed by atoms with E-state index in [1.54, 1.807) is 27.2 Å².